The molecule has 27 heavy (non-hydrogen) atoms. The average molecular weight is 359 g/mol. The number of nitrogens with zero attached hydrogens (tertiary/aromatic N) is 3. The molecular weight excluding hydrogens is 346 g/mol. The van der Waals surface area contributed by atoms with Gasteiger partial charge in [-0.05, 0) is 36.4 Å². The lowest BCUT2D eigenvalue weighted by Gasteiger charge is -2.07. The Kier molecular flexibility index (Phi) is 4.25. The van der Waals surface area contributed by atoms with Crippen molar-refractivity contribution in [1.82, 2.24) is 9.97 Å². The number of carbonyl (C=O) groups excluding carboxylic acids is 1. The van der Waals surface area contributed by atoms with Gasteiger partial charge in [0.2, 0.25) is 6.79 Å². The van der Waals surface area contributed by atoms with Crippen LogP contribution in [0.2, 0.25) is 0 Å². The Morgan fingerprint density at radius 2 is 1.78 bits per heavy atom. The van der Waals surface area contributed by atoms with Crippen molar-refractivity contribution in [2.45, 2.75) is 0 Å². The van der Waals surface area contributed by atoms with E-state index < -0.39 is 0 Å². The number of ether oxygens (including phenoxy) is 2. The third kappa shape index (κ3) is 3.62. The summed E-state index contributed by atoms with van der Waals surface area (Å²) < 4.78 is 10.6. The lowest BCUT2D eigenvalue weighted by atomic mass is 10.2. The minimum Gasteiger partial charge on any atom is -0.454 e. The highest BCUT2D eigenvalue weighted by Gasteiger charge is 2.14. The first-order valence-electron chi connectivity index (χ1n) is 8.01. The molecule has 0 unspecified atom stereocenters. The van der Waals surface area contributed by atoms with Crippen molar-refractivity contribution in [1.29, 1.82) is 5.26 Å². The molecule has 0 aliphatic carbocycles. The van der Waals surface area contributed by atoms with Gasteiger partial charge < -0.3 is 20.1 Å². The molecule has 8 nitrogen and oxygen atoms in total. The van der Waals surface area contributed by atoms with Gasteiger partial charge in [0, 0.05) is 17.4 Å². The van der Waals surface area contributed by atoms with E-state index >= 15 is 0 Å². The summed E-state index contributed by atoms with van der Waals surface area (Å²) in [6, 6.07) is 14.0. The Bertz CT molecular complexity index is 1030. The Balaban J connectivity index is 1.42. The first-order valence-corrected chi connectivity index (χ1v) is 8.01. The van der Waals surface area contributed by atoms with Gasteiger partial charge in [-0.1, -0.05) is 0 Å². The van der Waals surface area contributed by atoms with Gasteiger partial charge in [0.15, 0.2) is 11.5 Å². The van der Waals surface area contributed by atoms with E-state index in [9.17, 15) is 4.79 Å². The Hall–Kier alpha value is -4.12. The number of rotatable bonds is 4. The van der Waals surface area contributed by atoms with Crippen molar-refractivity contribution >= 4 is 23.1 Å². The molecule has 0 fully saturated rings. The van der Waals surface area contributed by atoms with E-state index in [0.717, 1.165) is 5.69 Å². The largest absolute Gasteiger partial charge is 0.454 e. The van der Waals surface area contributed by atoms with Gasteiger partial charge in [-0.3, -0.25) is 4.79 Å². The van der Waals surface area contributed by atoms with Crippen LogP contribution in [-0.2, 0) is 0 Å². The van der Waals surface area contributed by atoms with Gasteiger partial charge >= 0.3 is 0 Å². The molecule has 2 heterocycles. The number of hydrogen-bond acceptors (Lipinski definition) is 7. The summed E-state index contributed by atoms with van der Waals surface area (Å²) in [5, 5.41) is 14.6. The molecule has 1 aliphatic rings. The van der Waals surface area contributed by atoms with E-state index in [1.54, 1.807) is 36.4 Å². The number of nitriles is 1. The van der Waals surface area contributed by atoms with Gasteiger partial charge in [-0.25, -0.2) is 9.97 Å². The van der Waals surface area contributed by atoms with Crippen LogP contribution in [0.3, 0.4) is 0 Å². The minimum absolute atomic E-state index is 0.176. The van der Waals surface area contributed by atoms with Gasteiger partial charge in [0.25, 0.3) is 5.91 Å². The molecule has 0 radical (unpaired) electrons. The molecule has 132 valence electrons. The van der Waals surface area contributed by atoms with Gasteiger partial charge in [0.05, 0.1) is 24.0 Å². The number of carbonyl (C=O) groups is 1. The molecule has 2 aromatic carbocycles. The lowest BCUT2D eigenvalue weighted by molar-refractivity contribution is 0.102. The predicted octanol–water partition coefficient (Wildman–Crippen LogP) is 3.07. The summed E-state index contributed by atoms with van der Waals surface area (Å²) in [6.07, 6.45) is 2.85. The maximum absolute atomic E-state index is 12.2. The Morgan fingerprint density at radius 1 is 1.00 bits per heavy atom. The van der Waals surface area contributed by atoms with E-state index in [1.807, 2.05) is 12.1 Å². The lowest BCUT2D eigenvalue weighted by Crippen LogP contribution is -2.14. The molecule has 1 aliphatic heterocycles. The maximum atomic E-state index is 12.2. The number of anilines is 3. The van der Waals surface area contributed by atoms with Crippen LogP contribution in [0, 0.1) is 11.3 Å². The van der Waals surface area contributed by atoms with Crippen molar-refractivity contribution in [3.05, 3.63) is 66.1 Å². The molecule has 4 rings (SSSR count). The van der Waals surface area contributed by atoms with Crippen molar-refractivity contribution < 1.29 is 14.3 Å². The first kappa shape index (κ1) is 16.4. The summed E-state index contributed by atoms with van der Waals surface area (Å²) in [5.41, 5.74) is 2.04. The molecule has 2 N–H and O–H groups in total. The fraction of sp³-hybridized carbons (Fsp3) is 0.0526. The van der Waals surface area contributed by atoms with Crippen LogP contribution in [0.4, 0.5) is 17.2 Å². The number of aromatic nitrogens is 2. The van der Waals surface area contributed by atoms with Crippen LogP contribution < -0.4 is 20.1 Å². The maximum Gasteiger partial charge on any atom is 0.275 e. The molecule has 0 atom stereocenters. The van der Waals surface area contributed by atoms with Gasteiger partial charge in [-0.2, -0.15) is 5.26 Å². The number of benzene rings is 2. The molecule has 3 aromatic rings. The van der Waals surface area contributed by atoms with E-state index in [1.165, 1.54) is 12.4 Å². The van der Waals surface area contributed by atoms with Crippen LogP contribution in [0.25, 0.3) is 0 Å². The second-order valence-electron chi connectivity index (χ2n) is 5.62. The smallest absolute Gasteiger partial charge is 0.275 e. The zero-order chi connectivity index (χ0) is 18.6. The molecular formula is C19H13N5O3. The van der Waals surface area contributed by atoms with Crippen LogP contribution in [-0.4, -0.2) is 22.7 Å². The minimum atomic E-state index is -0.387. The zero-order valence-corrected chi connectivity index (χ0v) is 14.0. The summed E-state index contributed by atoms with van der Waals surface area (Å²) in [4.78, 5) is 20.6. The van der Waals surface area contributed by atoms with E-state index in [-0.39, 0.29) is 18.4 Å². The highest BCUT2D eigenvalue weighted by molar-refractivity contribution is 6.02. The monoisotopic (exact) mass is 359 g/mol. The van der Waals surface area contributed by atoms with Gasteiger partial charge in [0.1, 0.15) is 11.5 Å². The van der Waals surface area contributed by atoms with Crippen LogP contribution in [0.5, 0.6) is 11.5 Å². The summed E-state index contributed by atoms with van der Waals surface area (Å²) in [6.45, 7) is 0.210. The Labute approximate surface area is 154 Å². The molecule has 0 spiro atoms. The van der Waals surface area contributed by atoms with Crippen molar-refractivity contribution in [2.24, 2.45) is 0 Å². The fourth-order valence-corrected chi connectivity index (χ4v) is 2.46. The van der Waals surface area contributed by atoms with Crippen LogP contribution >= 0.6 is 0 Å². The second-order valence-corrected chi connectivity index (χ2v) is 5.62. The number of amides is 1. The highest BCUT2D eigenvalue weighted by Crippen LogP contribution is 2.34. The van der Waals surface area contributed by atoms with Crippen molar-refractivity contribution in [3.8, 4) is 17.6 Å². The fourth-order valence-electron chi connectivity index (χ4n) is 2.46. The molecule has 0 bridgehead atoms. The van der Waals surface area contributed by atoms with Crippen molar-refractivity contribution in [2.75, 3.05) is 17.4 Å². The summed E-state index contributed by atoms with van der Waals surface area (Å²) in [7, 11) is 0. The quantitative estimate of drug-likeness (QED) is 0.737. The number of hydrogen-bond donors (Lipinski definition) is 2. The molecule has 0 saturated heterocycles. The third-order valence-electron chi connectivity index (χ3n) is 3.80. The summed E-state index contributed by atoms with van der Waals surface area (Å²) in [5.74, 6) is 1.46. The molecule has 1 amide bonds. The predicted molar refractivity (Wildman–Crippen MR) is 97.0 cm³/mol. The van der Waals surface area contributed by atoms with E-state index in [4.69, 9.17) is 14.7 Å². The third-order valence-corrected chi connectivity index (χ3v) is 3.80. The van der Waals surface area contributed by atoms with E-state index in [0.29, 0.717) is 28.6 Å². The van der Waals surface area contributed by atoms with Crippen LogP contribution in [0.1, 0.15) is 16.1 Å². The average Bonchev–Trinajstić information content (AvgIpc) is 3.17. The van der Waals surface area contributed by atoms with Crippen molar-refractivity contribution in [3.63, 3.8) is 0 Å². The highest BCUT2D eigenvalue weighted by atomic mass is 16.7. The topological polar surface area (TPSA) is 109 Å². The number of fused-ring (bicyclic) bond motifs is 1. The zero-order valence-electron chi connectivity index (χ0n) is 14.0. The van der Waals surface area contributed by atoms with Crippen LogP contribution in [0.15, 0.2) is 54.9 Å². The SMILES string of the molecule is N#Cc1ccc(NC(=O)c2cnc(Nc3ccc4c(c3)OCO4)cn2)cc1. The Morgan fingerprint density at radius 3 is 2.52 bits per heavy atom. The first-order chi connectivity index (χ1) is 13.2. The van der Waals surface area contributed by atoms with Gasteiger partial charge in [-0.15, -0.1) is 0 Å². The van der Waals surface area contributed by atoms with E-state index in [2.05, 4.69) is 20.6 Å². The molecule has 8 heteroatoms. The summed E-state index contributed by atoms with van der Waals surface area (Å²) >= 11 is 0. The molecule has 1 aromatic heterocycles. The standard InChI is InChI=1S/C19H13N5O3/c20-8-12-1-3-13(4-2-12)24-19(25)15-9-22-18(10-21-15)23-14-5-6-16-17(7-14)27-11-26-16/h1-7,9-10H,11H2,(H,22,23)(H,24,25). The normalized spacial score (nSPS) is 11.5. The second kappa shape index (κ2) is 7.01. The number of nitrogens with one attached hydrogen (secondary N) is 2. The molecule has 0 saturated carbocycles.